The molecule has 0 bridgehead atoms. The van der Waals surface area contributed by atoms with Crippen LogP contribution in [-0.4, -0.2) is 42.5 Å². The molecule has 100 valence electrons. The first-order valence-corrected chi connectivity index (χ1v) is 7.36. The lowest BCUT2D eigenvalue weighted by Gasteiger charge is -2.39. The molecule has 1 saturated heterocycles. The summed E-state index contributed by atoms with van der Waals surface area (Å²) in [5.74, 6) is 0. The second kappa shape index (κ2) is 6.04. The minimum Gasteiger partial charge on any atom is -0.398 e. The molecule has 1 heterocycles. The van der Waals surface area contributed by atoms with Gasteiger partial charge in [-0.05, 0) is 47.1 Å². The van der Waals surface area contributed by atoms with Crippen molar-refractivity contribution in [3.05, 3.63) is 28.2 Å². The third-order valence-electron chi connectivity index (χ3n) is 3.80. The normalized spacial score (nSPS) is 22.3. The van der Waals surface area contributed by atoms with Gasteiger partial charge in [0.25, 0.3) is 0 Å². The number of nitrogens with two attached hydrogens (primary N) is 1. The summed E-state index contributed by atoms with van der Waals surface area (Å²) in [4.78, 5) is 5.00. The molecule has 2 rings (SSSR count). The monoisotopic (exact) mass is 311 g/mol. The zero-order chi connectivity index (χ0) is 13.1. The van der Waals surface area contributed by atoms with E-state index in [-0.39, 0.29) is 0 Å². The van der Waals surface area contributed by atoms with Crippen molar-refractivity contribution in [2.75, 3.05) is 32.4 Å². The molecule has 4 heteroatoms. The van der Waals surface area contributed by atoms with Crippen LogP contribution in [0.3, 0.4) is 0 Å². The predicted octanol–water partition coefficient (Wildman–Crippen LogP) is 2.56. The minimum atomic E-state index is 0.691. The molecule has 0 spiro atoms. The zero-order valence-electron chi connectivity index (χ0n) is 11.2. The van der Waals surface area contributed by atoms with Crippen molar-refractivity contribution in [2.24, 2.45) is 0 Å². The number of anilines is 1. The van der Waals surface area contributed by atoms with Crippen LogP contribution in [0, 0.1) is 0 Å². The summed E-state index contributed by atoms with van der Waals surface area (Å²) < 4.78 is 1.00. The van der Waals surface area contributed by atoms with Crippen LogP contribution in [0.5, 0.6) is 0 Å². The molecule has 3 nitrogen and oxygen atoms in total. The van der Waals surface area contributed by atoms with Gasteiger partial charge >= 0.3 is 0 Å². The molecule has 0 aliphatic carbocycles. The summed E-state index contributed by atoms with van der Waals surface area (Å²) in [6, 6.07) is 6.93. The number of hydrogen-bond acceptors (Lipinski definition) is 3. The first-order chi connectivity index (χ1) is 8.60. The molecule has 1 aliphatic heterocycles. The first-order valence-electron chi connectivity index (χ1n) is 6.56. The SMILES string of the molecule is CCC1CN(Cc2ccc(N)c(Br)c2)CCN1C. The lowest BCUT2D eigenvalue weighted by Crippen LogP contribution is -2.50. The van der Waals surface area contributed by atoms with Crippen LogP contribution in [0.4, 0.5) is 5.69 Å². The van der Waals surface area contributed by atoms with Gasteiger partial charge < -0.3 is 10.6 Å². The van der Waals surface area contributed by atoms with Crippen LogP contribution in [-0.2, 0) is 6.54 Å². The Kier molecular flexibility index (Phi) is 4.65. The Morgan fingerprint density at radius 3 is 2.83 bits per heavy atom. The molecule has 1 aliphatic rings. The van der Waals surface area contributed by atoms with E-state index in [9.17, 15) is 0 Å². The maximum atomic E-state index is 5.82. The van der Waals surface area contributed by atoms with Gasteiger partial charge in [-0.2, -0.15) is 0 Å². The van der Waals surface area contributed by atoms with Gasteiger partial charge in [-0.15, -0.1) is 0 Å². The molecule has 0 aromatic heterocycles. The van der Waals surface area contributed by atoms with Gasteiger partial charge in [0, 0.05) is 42.4 Å². The van der Waals surface area contributed by atoms with E-state index in [0.717, 1.165) is 36.3 Å². The van der Waals surface area contributed by atoms with Crippen molar-refractivity contribution in [3.8, 4) is 0 Å². The molecule has 1 aromatic rings. The van der Waals surface area contributed by atoms with Crippen LogP contribution >= 0.6 is 15.9 Å². The first kappa shape index (κ1) is 13.8. The van der Waals surface area contributed by atoms with Gasteiger partial charge in [0.2, 0.25) is 0 Å². The van der Waals surface area contributed by atoms with E-state index in [1.54, 1.807) is 0 Å². The second-order valence-electron chi connectivity index (χ2n) is 5.13. The summed E-state index contributed by atoms with van der Waals surface area (Å²) in [5.41, 5.74) is 7.95. The maximum Gasteiger partial charge on any atom is 0.0458 e. The van der Waals surface area contributed by atoms with Crippen LogP contribution in [0.1, 0.15) is 18.9 Å². The van der Waals surface area contributed by atoms with E-state index in [2.05, 4.69) is 51.8 Å². The van der Waals surface area contributed by atoms with Gasteiger partial charge in [0.05, 0.1) is 0 Å². The molecule has 1 atom stereocenters. The van der Waals surface area contributed by atoms with Gasteiger partial charge in [0.1, 0.15) is 0 Å². The fraction of sp³-hybridized carbons (Fsp3) is 0.571. The molecular weight excluding hydrogens is 290 g/mol. The quantitative estimate of drug-likeness (QED) is 0.871. The molecule has 0 radical (unpaired) electrons. The Balaban J connectivity index is 1.99. The lowest BCUT2D eigenvalue weighted by atomic mass is 10.1. The number of nitrogen functional groups attached to an aromatic ring is 1. The van der Waals surface area contributed by atoms with E-state index in [1.165, 1.54) is 12.0 Å². The molecule has 18 heavy (non-hydrogen) atoms. The molecule has 0 saturated carbocycles. The van der Waals surface area contributed by atoms with Gasteiger partial charge in [-0.3, -0.25) is 4.90 Å². The highest BCUT2D eigenvalue weighted by atomic mass is 79.9. The smallest absolute Gasteiger partial charge is 0.0458 e. The van der Waals surface area contributed by atoms with Gasteiger partial charge in [-0.25, -0.2) is 0 Å². The van der Waals surface area contributed by atoms with E-state index in [0.29, 0.717) is 6.04 Å². The molecule has 0 amide bonds. The Labute approximate surface area is 118 Å². The third-order valence-corrected chi connectivity index (χ3v) is 4.49. The van der Waals surface area contributed by atoms with E-state index in [1.807, 2.05) is 6.07 Å². The third kappa shape index (κ3) is 3.25. The standard InChI is InChI=1S/C14H22BrN3/c1-3-12-10-18(7-6-17(12)2)9-11-4-5-14(16)13(15)8-11/h4-5,8,12H,3,6-7,9-10,16H2,1-2H3. The average Bonchev–Trinajstić information content (AvgIpc) is 2.36. The largest absolute Gasteiger partial charge is 0.398 e. The fourth-order valence-electron chi connectivity index (χ4n) is 2.52. The summed E-state index contributed by atoms with van der Waals surface area (Å²) in [7, 11) is 2.23. The number of nitrogens with zero attached hydrogens (tertiary/aromatic N) is 2. The highest BCUT2D eigenvalue weighted by Crippen LogP contribution is 2.22. The zero-order valence-corrected chi connectivity index (χ0v) is 12.8. The van der Waals surface area contributed by atoms with Crippen LogP contribution in [0.2, 0.25) is 0 Å². The van der Waals surface area contributed by atoms with Crippen molar-refractivity contribution in [2.45, 2.75) is 25.9 Å². The highest BCUT2D eigenvalue weighted by molar-refractivity contribution is 9.10. The number of piperazine rings is 1. The van der Waals surface area contributed by atoms with Crippen molar-refractivity contribution in [1.82, 2.24) is 9.80 Å². The minimum absolute atomic E-state index is 0.691. The van der Waals surface area contributed by atoms with E-state index >= 15 is 0 Å². The van der Waals surface area contributed by atoms with E-state index < -0.39 is 0 Å². The number of benzene rings is 1. The summed E-state index contributed by atoms with van der Waals surface area (Å²) in [6.07, 6.45) is 1.22. The van der Waals surface area contributed by atoms with Crippen LogP contribution in [0.25, 0.3) is 0 Å². The molecule has 1 fully saturated rings. The van der Waals surface area contributed by atoms with Crippen LogP contribution in [0.15, 0.2) is 22.7 Å². The Morgan fingerprint density at radius 1 is 1.39 bits per heavy atom. The van der Waals surface area contributed by atoms with Gasteiger partial charge in [-0.1, -0.05) is 13.0 Å². The van der Waals surface area contributed by atoms with Crippen LogP contribution < -0.4 is 5.73 Å². The van der Waals surface area contributed by atoms with Crippen molar-refractivity contribution >= 4 is 21.6 Å². The second-order valence-corrected chi connectivity index (χ2v) is 5.99. The molecule has 1 unspecified atom stereocenters. The topological polar surface area (TPSA) is 32.5 Å². The highest BCUT2D eigenvalue weighted by Gasteiger charge is 2.22. The maximum absolute atomic E-state index is 5.82. The molecule has 1 aromatic carbocycles. The van der Waals surface area contributed by atoms with Crippen molar-refractivity contribution in [1.29, 1.82) is 0 Å². The number of hydrogen-bond donors (Lipinski definition) is 1. The van der Waals surface area contributed by atoms with Crippen molar-refractivity contribution in [3.63, 3.8) is 0 Å². The summed E-state index contributed by atoms with van der Waals surface area (Å²) >= 11 is 3.49. The Hall–Kier alpha value is -0.580. The molecule has 2 N–H and O–H groups in total. The lowest BCUT2D eigenvalue weighted by molar-refractivity contribution is 0.0884. The summed E-state index contributed by atoms with van der Waals surface area (Å²) in [6.45, 7) is 6.76. The van der Waals surface area contributed by atoms with E-state index in [4.69, 9.17) is 5.73 Å². The Bertz CT molecular complexity index is 408. The molecular formula is C14H22BrN3. The number of likely N-dealkylation sites (N-methyl/N-ethyl adjacent to an activating group) is 1. The number of halogens is 1. The summed E-state index contributed by atoms with van der Waals surface area (Å²) in [5, 5.41) is 0. The number of rotatable bonds is 3. The van der Waals surface area contributed by atoms with Crippen molar-refractivity contribution < 1.29 is 0 Å². The Morgan fingerprint density at radius 2 is 2.17 bits per heavy atom. The average molecular weight is 312 g/mol. The van der Waals surface area contributed by atoms with Gasteiger partial charge in [0.15, 0.2) is 0 Å². The predicted molar refractivity (Wildman–Crippen MR) is 80.5 cm³/mol. The fourth-order valence-corrected chi connectivity index (χ4v) is 2.95.